The largest absolute Gasteiger partial charge is 0.491 e. The Morgan fingerprint density at radius 2 is 1.89 bits per heavy atom. The maximum atomic E-state index is 8.53. The Bertz CT molecular complexity index is 343. The Kier molecular flexibility index (Phi) is 7.14. The topological polar surface area (TPSA) is 38.7 Å². The van der Waals surface area contributed by atoms with E-state index >= 15 is 0 Å². The highest BCUT2D eigenvalue weighted by molar-refractivity contribution is 5.63. The van der Waals surface area contributed by atoms with Gasteiger partial charge in [-0.15, -0.1) is 0 Å². The number of rotatable bonds is 9. The number of benzene rings is 1. The summed E-state index contributed by atoms with van der Waals surface area (Å²) in [6.07, 6.45) is 2.13. The Balaban J connectivity index is 2.33. The van der Waals surface area contributed by atoms with E-state index in [4.69, 9.17) is 14.6 Å². The second-order valence-electron chi connectivity index (χ2n) is 4.06. The van der Waals surface area contributed by atoms with Crippen molar-refractivity contribution in [3.05, 3.63) is 36.4 Å². The Labute approximate surface area is 109 Å². The van der Waals surface area contributed by atoms with Crippen molar-refractivity contribution in [2.45, 2.75) is 19.8 Å². The predicted octanol–water partition coefficient (Wildman–Crippen LogP) is 2.89. The molecule has 0 heterocycles. The van der Waals surface area contributed by atoms with Gasteiger partial charge in [0.05, 0.1) is 19.8 Å². The molecule has 0 saturated heterocycles. The second-order valence-corrected chi connectivity index (χ2v) is 4.06. The molecule has 0 amide bonds. The van der Waals surface area contributed by atoms with E-state index in [2.05, 4.69) is 13.5 Å². The predicted molar refractivity (Wildman–Crippen MR) is 73.8 cm³/mol. The van der Waals surface area contributed by atoms with E-state index in [9.17, 15) is 0 Å². The first-order valence-corrected chi connectivity index (χ1v) is 6.37. The monoisotopic (exact) mass is 250 g/mol. The molecule has 0 aliphatic heterocycles. The van der Waals surface area contributed by atoms with Crippen molar-refractivity contribution in [2.24, 2.45) is 0 Å². The molecule has 1 aromatic rings. The lowest BCUT2D eigenvalue weighted by atomic mass is 10.0. The second kappa shape index (κ2) is 8.72. The molecule has 0 saturated carbocycles. The molecule has 0 unspecified atom stereocenters. The summed E-state index contributed by atoms with van der Waals surface area (Å²) in [6.45, 7) is 7.60. The highest BCUT2D eigenvalue weighted by Crippen LogP contribution is 2.20. The van der Waals surface area contributed by atoms with Gasteiger partial charge in [0, 0.05) is 0 Å². The molecule has 1 aromatic carbocycles. The maximum absolute atomic E-state index is 8.53. The van der Waals surface area contributed by atoms with Gasteiger partial charge in [0.1, 0.15) is 12.4 Å². The van der Waals surface area contributed by atoms with Gasteiger partial charge in [-0.05, 0) is 29.7 Å². The lowest BCUT2D eigenvalue weighted by Crippen LogP contribution is -2.09. The molecule has 0 aliphatic carbocycles. The summed E-state index contributed by atoms with van der Waals surface area (Å²) in [5.74, 6) is 0.829. The molecule has 0 spiro atoms. The van der Waals surface area contributed by atoms with E-state index in [-0.39, 0.29) is 6.61 Å². The van der Waals surface area contributed by atoms with E-state index in [1.54, 1.807) is 0 Å². The van der Waals surface area contributed by atoms with Crippen molar-refractivity contribution in [1.29, 1.82) is 0 Å². The maximum Gasteiger partial charge on any atom is 0.119 e. The molecule has 0 fully saturated rings. The summed E-state index contributed by atoms with van der Waals surface area (Å²) >= 11 is 0. The van der Waals surface area contributed by atoms with E-state index < -0.39 is 0 Å². The van der Waals surface area contributed by atoms with Crippen molar-refractivity contribution in [3.63, 3.8) is 0 Å². The van der Waals surface area contributed by atoms with Gasteiger partial charge in [0.25, 0.3) is 0 Å². The van der Waals surface area contributed by atoms with Crippen molar-refractivity contribution in [2.75, 3.05) is 26.4 Å². The zero-order valence-corrected chi connectivity index (χ0v) is 11.0. The molecular weight excluding hydrogens is 228 g/mol. The average molecular weight is 250 g/mol. The molecular formula is C15H22O3. The Morgan fingerprint density at radius 3 is 2.50 bits per heavy atom. The van der Waals surface area contributed by atoms with Crippen LogP contribution in [-0.2, 0) is 4.74 Å². The van der Waals surface area contributed by atoms with E-state index in [0.717, 1.165) is 24.2 Å². The van der Waals surface area contributed by atoms with Gasteiger partial charge in [0.15, 0.2) is 0 Å². The van der Waals surface area contributed by atoms with Crippen LogP contribution in [0.3, 0.4) is 0 Å². The van der Waals surface area contributed by atoms with Crippen LogP contribution < -0.4 is 4.74 Å². The molecule has 0 bridgehead atoms. The molecule has 1 rings (SSSR count). The van der Waals surface area contributed by atoms with Crippen LogP contribution in [0.1, 0.15) is 25.3 Å². The molecule has 0 aliphatic rings. The zero-order valence-electron chi connectivity index (χ0n) is 11.0. The summed E-state index contributed by atoms with van der Waals surface area (Å²) in [5.41, 5.74) is 2.33. The summed E-state index contributed by atoms with van der Waals surface area (Å²) in [5, 5.41) is 8.53. The minimum atomic E-state index is 0.0498. The summed E-state index contributed by atoms with van der Waals surface area (Å²) < 4.78 is 10.6. The van der Waals surface area contributed by atoms with Crippen LogP contribution in [0.5, 0.6) is 5.75 Å². The third kappa shape index (κ3) is 5.34. The van der Waals surface area contributed by atoms with Gasteiger partial charge in [-0.3, -0.25) is 0 Å². The van der Waals surface area contributed by atoms with Gasteiger partial charge in [-0.1, -0.05) is 32.1 Å². The molecule has 18 heavy (non-hydrogen) atoms. The van der Waals surface area contributed by atoms with Crippen LogP contribution >= 0.6 is 0 Å². The lowest BCUT2D eigenvalue weighted by Gasteiger charge is -2.08. The highest BCUT2D eigenvalue weighted by Gasteiger charge is 1.99. The number of aliphatic hydroxyl groups is 1. The van der Waals surface area contributed by atoms with Gasteiger partial charge >= 0.3 is 0 Å². The first-order valence-electron chi connectivity index (χ1n) is 6.37. The molecule has 3 nitrogen and oxygen atoms in total. The number of aliphatic hydroxyl groups excluding tert-OH is 1. The number of hydrogen-bond acceptors (Lipinski definition) is 3. The normalized spacial score (nSPS) is 10.3. The van der Waals surface area contributed by atoms with Crippen molar-refractivity contribution in [1.82, 2.24) is 0 Å². The van der Waals surface area contributed by atoms with Crippen LogP contribution in [0, 0.1) is 0 Å². The third-order valence-corrected chi connectivity index (χ3v) is 2.55. The van der Waals surface area contributed by atoms with Crippen LogP contribution in [0.25, 0.3) is 5.57 Å². The SMILES string of the molecule is C=C(CCC)c1ccc(OCCOCCO)cc1. The van der Waals surface area contributed by atoms with Crippen LogP contribution in [-0.4, -0.2) is 31.5 Å². The van der Waals surface area contributed by atoms with Gasteiger partial charge in [-0.2, -0.15) is 0 Å². The first kappa shape index (κ1) is 14.7. The standard InChI is InChI=1S/C15H22O3/c1-3-4-13(2)14-5-7-15(8-6-14)18-12-11-17-10-9-16/h5-8,16H,2-4,9-12H2,1H3. The molecule has 3 heteroatoms. The third-order valence-electron chi connectivity index (χ3n) is 2.55. The Morgan fingerprint density at radius 1 is 1.17 bits per heavy atom. The summed E-state index contributed by atoms with van der Waals surface area (Å²) in [4.78, 5) is 0. The van der Waals surface area contributed by atoms with Crippen molar-refractivity contribution >= 4 is 5.57 Å². The molecule has 1 N–H and O–H groups in total. The van der Waals surface area contributed by atoms with Gasteiger partial charge in [0.2, 0.25) is 0 Å². The van der Waals surface area contributed by atoms with Gasteiger partial charge < -0.3 is 14.6 Å². The number of hydrogen-bond donors (Lipinski definition) is 1. The minimum Gasteiger partial charge on any atom is -0.491 e. The average Bonchev–Trinajstić information content (AvgIpc) is 2.39. The van der Waals surface area contributed by atoms with E-state index in [0.29, 0.717) is 19.8 Å². The van der Waals surface area contributed by atoms with Crippen LogP contribution in [0.2, 0.25) is 0 Å². The Hall–Kier alpha value is -1.32. The lowest BCUT2D eigenvalue weighted by molar-refractivity contribution is 0.0705. The molecule has 0 atom stereocenters. The fourth-order valence-electron chi connectivity index (χ4n) is 1.62. The minimum absolute atomic E-state index is 0.0498. The van der Waals surface area contributed by atoms with Crippen LogP contribution in [0.4, 0.5) is 0 Å². The first-order chi connectivity index (χ1) is 8.77. The highest BCUT2D eigenvalue weighted by atomic mass is 16.5. The molecule has 0 radical (unpaired) electrons. The quantitative estimate of drug-likeness (QED) is 0.685. The number of allylic oxidation sites excluding steroid dienone is 1. The number of ether oxygens (including phenoxy) is 2. The summed E-state index contributed by atoms with van der Waals surface area (Å²) in [6, 6.07) is 7.95. The van der Waals surface area contributed by atoms with Crippen LogP contribution in [0.15, 0.2) is 30.8 Å². The smallest absolute Gasteiger partial charge is 0.119 e. The fraction of sp³-hybridized carbons (Fsp3) is 0.467. The van der Waals surface area contributed by atoms with Crippen molar-refractivity contribution in [3.8, 4) is 5.75 Å². The fourth-order valence-corrected chi connectivity index (χ4v) is 1.62. The summed E-state index contributed by atoms with van der Waals surface area (Å²) in [7, 11) is 0. The molecule has 0 aromatic heterocycles. The van der Waals surface area contributed by atoms with Gasteiger partial charge in [-0.25, -0.2) is 0 Å². The van der Waals surface area contributed by atoms with Crippen molar-refractivity contribution < 1.29 is 14.6 Å². The zero-order chi connectivity index (χ0) is 13.2. The van der Waals surface area contributed by atoms with E-state index in [1.807, 2.05) is 24.3 Å². The van der Waals surface area contributed by atoms with E-state index in [1.165, 1.54) is 5.56 Å². The molecule has 100 valence electrons.